The van der Waals surface area contributed by atoms with Gasteiger partial charge < -0.3 is 19.6 Å². The number of para-hydroxylation sites is 1. The van der Waals surface area contributed by atoms with Gasteiger partial charge in [0.1, 0.15) is 5.76 Å². The number of halogens is 2. The number of benzene rings is 2. The van der Waals surface area contributed by atoms with Crippen molar-refractivity contribution in [1.29, 1.82) is 0 Å². The summed E-state index contributed by atoms with van der Waals surface area (Å²) in [5.74, 6) is -1.52. The van der Waals surface area contributed by atoms with Crippen LogP contribution in [0.15, 0.2) is 59.0 Å². The van der Waals surface area contributed by atoms with E-state index in [0.29, 0.717) is 21.4 Å². The molecule has 0 bridgehead atoms. The molecule has 126 valence electrons. The fourth-order valence-electron chi connectivity index (χ4n) is 2.22. The van der Waals surface area contributed by atoms with Crippen molar-refractivity contribution >= 4 is 40.8 Å². The molecule has 5 nitrogen and oxygen atoms in total. The molecule has 0 fully saturated rings. The van der Waals surface area contributed by atoms with Crippen molar-refractivity contribution in [2.24, 2.45) is 0 Å². The Labute approximate surface area is 152 Å². The van der Waals surface area contributed by atoms with E-state index in [1.54, 1.807) is 30.3 Å². The van der Waals surface area contributed by atoms with Gasteiger partial charge in [0.15, 0.2) is 5.76 Å². The molecule has 1 heterocycles. The largest absolute Gasteiger partial charge is 0.545 e. The first-order valence-electron chi connectivity index (χ1n) is 7.12. The number of aromatic carboxylic acids is 1. The van der Waals surface area contributed by atoms with E-state index in [-0.39, 0.29) is 17.0 Å². The Morgan fingerprint density at radius 1 is 0.960 bits per heavy atom. The van der Waals surface area contributed by atoms with Gasteiger partial charge in [-0.1, -0.05) is 41.4 Å². The number of carboxylic acid groups (broad SMARTS) is 1. The van der Waals surface area contributed by atoms with Gasteiger partial charge in [0.2, 0.25) is 0 Å². The van der Waals surface area contributed by atoms with Crippen LogP contribution in [0.3, 0.4) is 0 Å². The topological polar surface area (TPSA) is 82.4 Å². The lowest BCUT2D eigenvalue weighted by Crippen LogP contribution is -2.24. The van der Waals surface area contributed by atoms with Gasteiger partial charge in [0.25, 0.3) is 5.91 Å². The van der Waals surface area contributed by atoms with E-state index < -0.39 is 11.9 Å². The van der Waals surface area contributed by atoms with Gasteiger partial charge >= 0.3 is 0 Å². The van der Waals surface area contributed by atoms with Crippen molar-refractivity contribution in [3.63, 3.8) is 0 Å². The fourth-order valence-corrected chi connectivity index (χ4v) is 2.52. The maximum Gasteiger partial charge on any atom is 0.291 e. The lowest BCUT2D eigenvalue weighted by atomic mass is 10.2. The zero-order chi connectivity index (χ0) is 18.0. The number of hydrogen-bond donors (Lipinski definition) is 1. The van der Waals surface area contributed by atoms with E-state index in [0.717, 1.165) is 0 Å². The summed E-state index contributed by atoms with van der Waals surface area (Å²) < 4.78 is 5.52. The Kier molecular flexibility index (Phi) is 4.79. The molecule has 0 unspecified atom stereocenters. The van der Waals surface area contributed by atoms with Gasteiger partial charge in [-0.25, -0.2) is 0 Å². The van der Waals surface area contributed by atoms with E-state index in [1.165, 1.54) is 24.3 Å². The van der Waals surface area contributed by atoms with Gasteiger partial charge in [-0.2, -0.15) is 0 Å². The van der Waals surface area contributed by atoms with Crippen LogP contribution in [0.1, 0.15) is 20.9 Å². The first-order valence-corrected chi connectivity index (χ1v) is 7.88. The molecular weight excluding hydrogens is 365 g/mol. The van der Waals surface area contributed by atoms with E-state index >= 15 is 0 Å². The molecule has 1 amide bonds. The molecule has 2 aromatic carbocycles. The molecular formula is C18H10Cl2NO4-. The minimum atomic E-state index is -1.38. The van der Waals surface area contributed by atoms with Gasteiger partial charge in [-0.05, 0) is 36.4 Å². The van der Waals surface area contributed by atoms with E-state index in [4.69, 9.17) is 27.6 Å². The van der Waals surface area contributed by atoms with Crippen LogP contribution in [0.2, 0.25) is 10.0 Å². The summed E-state index contributed by atoms with van der Waals surface area (Å²) in [6.07, 6.45) is 0. The molecule has 0 aliphatic rings. The number of rotatable bonds is 4. The first-order chi connectivity index (χ1) is 12.0. The predicted molar refractivity (Wildman–Crippen MR) is 92.9 cm³/mol. The summed E-state index contributed by atoms with van der Waals surface area (Å²) in [5.41, 5.74) is 0.663. The lowest BCUT2D eigenvalue weighted by Gasteiger charge is -2.10. The van der Waals surface area contributed by atoms with Gasteiger partial charge in [-0.15, -0.1) is 0 Å². The number of hydrogen-bond acceptors (Lipinski definition) is 4. The zero-order valence-electron chi connectivity index (χ0n) is 12.6. The van der Waals surface area contributed by atoms with Gasteiger partial charge in [0.05, 0.1) is 21.7 Å². The summed E-state index contributed by atoms with van der Waals surface area (Å²) in [4.78, 5) is 23.4. The second kappa shape index (κ2) is 7.01. The normalized spacial score (nSPS) is 10.5. The minimum Gasteiger partial charge on any atom is -0.545 e. The summed E-state index contributed by atoms with van der Waals surface area (Å²) >= 11 is 11.8. The Balaban J connectivity index is 1.84. The Morgan fingerprint density at radius 3 is 2.44 bits per heavy atom. The van der Waals surface area contributed by atoms with Crippen LogP contribution in [0.4, 0.5) is 5.69 Å². The Morgan fingerprint density at radius 2 is 1.72 bits per heavy atom. The molecule has 1 aromatic heterocycles. The molecule has 0 aliphatic heterocycles. The molecule has 3 rings (SSSR count). The third kappa shape index (κ3) is 3.68. The highest BCUT2D eigenvalue weighted by Gasteiger charge is 2.15. The first kappa shape index (κ1) is 17.1. The Hall–Kier alpha value is -2.76. The van der Waals surface area contributed by atoms with Crippen molar-refractivity contribution in [1.82, 2.24) is 0 Å². The maximum atomic E-state index is 12.3. The van der Waals surface area contributed by atoms with Crippen LogP contribution in [-0.4, -0.2) is 11.9 Å². The standard InChI is InChI=1S/C18H11Cl2NO4/c19-12-6-5-10(9-13(12)20)15-7-8-16(25-15)17(22)21-14-4-2-1-3-11(14)18(23)24/h1-9H,(H,21,22)(H,23,24)/p-1. The molecule has 0 saturated heterocycles. The maximum absolute atomic E-state index is 12.3. The van der Waals surface area contributed by atoms with Crippen LogP contribution in [0.5, 0.6) is 0 Å². The predicted octanol–water partition coefficient (Wildman–Crippen LogP) is 3.87. The van der Waals surface area contributed by atoms with Crippen LogP contribution in [0.25, 0.3) is 11.3 Å². The third-order valence-corrected chi connectivity index (χ3v) is 4.17. The monoisotopic (exact) mass is 374 g/mol. The average Bonchev–Trinajstić information content (AvgIpc) is 3.08. The highest BCUT2D eigenvalue weighted by Crippen LogP contribution is 2.29. The van der Waals surface area contributed by atoms with Crippen molar-refractivity contribution in [3.05, 3.63) is 76.0 Å². The summed E-state index contributed by atoms with van der Waals surface area (Å²) in [5, 5.41) is 14.3. The minimum absolute atomic E-state index is 0.0224. The molecule has 0 spiro atoms. The smallest absolute Gasteiger partial charge is 0.291 e. The molecule has 3 aromatic rings. The van der Waals surface area contributed by atoms with Crippen LogP contribution in [0, 0.1) is 0 Å². The van der Waals surface area contributed by atoms with Crippen molar-refractivity contribution in [2.45, 2.75) is 0 Å². The number of carboxylic acids is 1. The molecule has 7 heteroatoms. The molecule has 0 atom stereocenters. The number of furan rings is 1. The van der Waals surface area contributed by atoms with E-state index in [1.807, 2.05) is 0 Å². The highest BCUT2D eigenvalue weighted by molar-refractivity contribution is 6.42. The van der Waals surface area contributed by atoms with E-state index in [2.05, 4.69) is 5.32 Å². The van der Waals surface area contributed by atoms with E-state index in [9.17, 15) is 14.7 Å². The van der Waals surface area contributed by atoms with Crippen molar-refractivity contribution in [2.75, 3.05) is 5.32 Å². The number of carbonyl (C=O) groups is 2. The van der Waals surface area contributed by atoms with Crippen LogP contribution >= 0.6 is 23.2 Å². The summed E-state index contributed by atoms with van der Waals surface area (Å²) in [6.45, 7) is 0. The molecule has 1 N–H and O–H groups in total. The van der Waals surface area contributed by atoms with Crippen molar-refractivity contribution in [3.8, 4) is 11.3 Å². The number of anilines is 1. The number of amides is 1. The quantitative estimate of drug-likeness (QED) is 0.751. The average molecular weight is 375 g/mol. The lowest BCUT2D eigenvalue weighted by molar-refractivity contribution is -0.254. The van der Waals surface area contributed by atoms with Crippen LogP contribution in [-0.2, 0) is 0 Å². The second-order valence-corrected chi connectivity index (χ2v) is 5.89. The fraction of sp³-hybridized carbons (Fsp3) is 0. The zero-order valence-corrected chi connectivity index (χ0v) is 14.1. The molecule has 0 saturated carbocycles. The molecule has 0 radical (unpaired) electrons. The van der Waals surface area contributed by atoms with Gasteiger partial charge in [0, 0.05) is 11.1 Å². The summed E-state index contributed by atoms with van der Waals surface area (Å²) in [6, 6.07) is 14.0. The highest BCUT2D eigenvalue weighted by atomic mass is 35.5. The number of nitrogens with one attached hydrogen (secondary N) is 1. The molecule has 0 aliphatic carbocycles. The summed E-state index contributed by atoms with van der Waals surface area (Å²) in [7, 11) is 0. The van der Waals surface area contributed by atoms with Crippen LogP contribution < -0.4 is 10.4 Å². The van der Waals surface area contributed by atoms with Crippen molar-refractivity contribution < 1.29 is 19.1 Å². The SMILES string of the molecule is O=C(Nc1ccccc1C(=O)[O-])c1ccc(-c2ccc(Cl)c(Cl)c2)o1. The third-order valence-electron chi connectivity index (χ3n) is 3.43. The Bertz CT molecular complexity index is 965. The molecule has 25 heavy (non-hydrogen) atoms. The van der Waals surface area contributed by atoms with Gasteiger partial charge in [-0.3, -0.25) is 4.79 Å². The number of carbonyl (C=O) groups excluding carboxylic acids is 2. The second-order valence-electron chi connectivity index (χ2n) is 5.08.